The Kier molecular flexibility index (Phi) is 2.32. The minimum absolute atomic E-state index is 0.273. The van der Waals surface area contributed by atoms with Crippen LogP contribution in [0.5, 0.6) is 0 Å². The molecule has 1 N–H and O–H groups in total. The average molecular weight is 186 g/mol. The highest BCUT2D eigenvalue weighted by atomic mass is 19.3. The van der Waals surface area contributed by atoms with E-state index in [0.29, 0.717) is 0 Å². The van der Waals surface area contributed by atoms with Gasteiger partial charge in [-0.25, -0.2) is 4.79 Å². The fraction of sp³-hybridized carbons (Fsp3) is 0.222. The van der Waals surface area contributed by atoms with Gasteiger partial charge >= 0.3 is 11.9 Å². The third kappa shape index (κ3) is 1.66. The van der Waals surface area contributed by atoms with E-state index in [4.69, 9.17) is 5.11 Å². The molecule has 4 heteroatoms. The Balaban J connectivity index is 3.22. The molecule has 13 heavy (non-hydrogen) atoms. The van der Waals surface area contributed by atoms with Gasteiger partial charge in [-0.2, -0.15) is 8.78 Å². The van der Waals surface area contributed by atoms with Gasteiger partial charge in [0.25, 0.3) is 0 Å². The molecule has 0 atom stereocenters. The molecule has 0 aliphatic heterocycles. The maximum absolute atomic E-state index is 12.9. The van der Waals surface area contributed by atoms with Crippen molar-refractivity contribution in [3.63, 3.8) is 0 Å². The molecule has 0 saturated carbocycles. The Labute approximate surface area is 73.8 Å². The predicted octanol–water partition coefficient (Wildman–Crippen LogP) is 2.17. The second-order valence-electron chi connectivity index (χ2n) is 2.69. The van der Waals surface area contributed by atoms with E-state index in [1.54, 1.807) is 6.07 Å². The van der Waals surface area contributed by atoms with Crippen LogP contribution >= 0.6 is 0 Å². The lowest BCUT2D eigenvalue weighted by Gasteiger charge is -2.13. The molecule has 0 saturated heterocycles. The van der Waals surface area contributed by atoms with Crippen molar-refractivity contribution in [2.75, 3.05) is 0 Å². The molecule has 0 aliphatic carbocycles. The van der Waals surface area contributed by atoms with Crippen LogP contribution in [0.2, 0.25) is 0 Å². The lowest BCUT2D eigenvalue weighted by atomic mass is 10.0. The summed E-state index contributed by atoms with van der Waals surface area (Å²) in [6.45, 7) is 1.45. The molecule has 0 aromatic heterocycles. The number of aryl methyl sites for hydroxylation is 1. The van der Waals surface area contributed by atoms with Crippen LogP contribution in [0.25, 0.3) is 0 Å². The molecule has 0 unspecified atom stereocenters. The minimum Gasteiger partial charge on any atom is -0.477 e. The maximum Gasteiger partial charge on any atom is 0.379 e. The zero-order chi connectivity index (χ0) is 10.1. The Bertz CT molecular complexity index is 334. The van der Waals surface area contributed by atoms with Crippen molar-refractivity contribution < 1.29 is 18.7 Å². The second-order valence-corrected chi connectivity index (χ2v) is 2.69. The van der Waals surface area contributed by atoms with Crippen LogP contribution in [0.1, 0.15) is 11.1 Å². The van der Waals surface area contributed by atoms with Gasteiger partial charge in [0.1, 0.15) is 0 Å². The van der Waals surface area contributed by atoms with Crippen molar-refractivity contribution in [1.29, 1.82) is 0 Å². The molecule has 1 aromatic carbocycles. The largest absolute Gasteiger partial charge is 0.477 e. The smallest absolute Gasteiger partial charge is 0.379 e. The van der Waals surface area contributed by atoms with E-state index in [0.717, 1.165) is 6.07 Å². The van der Waals surface area contributed by atoms with Gasteiger partial charge in [-0.1, -0.05) is 24.3 Å². The standard InChI is InChI=1S/C9H8F2O2/c1-6-4-2-3-5-7(6)9(10,11)8(12)13/h2-5H,1H3,(H,12,13). The second kappa shape index (κ2) is 3.12. The van der Waals surface area contributed by atoms with Crippen molar-refractivity contribution in [2.24, 2.45) is 0 Å². The van der Waals surface area contributed by atoms with Crippen molar-refractivity contribution in [3.05, 3.63) is 35.4 Å². The Morgan fingerprint density at radius 2 is 1.92 bits per heavy atom. The Morgan fingerprint density at radius 3 is 2.38 bits per heavy atom. The number of aliphatic carboxylic acids is 1. The minimum atomic E-state index is -3.80. The summed E-state index contributed by atoms with van der Waals surface area (Å²) in [6, 6.07) is 5.53. The first-order valence-corrected chi connectivity index (χ1v) is 3.63. The Hall–Kier alpha value is -1.45. The SMILES string of the molecule is Cc1ccccc1C(F)(F)C(=O)O. The van der Waals surface area contributed by atoms with Gasteiger partial charge in [0.15, 0.2) is 0 Å². The topological polar surface area (TPSA) is 37.3 Å². The summed E-state index contributed by atoms with van der Waals surface area (Å²) >= 11 is 0. The molecular weight excluding hydrogens is 178 g/mol. The molecular formula is C9H8F2O2. The maximum atomic E-state index is 12.9. The summed E-state index contributed by atoms with van der Waals surface area (Å²) in [7, 11) is 0. The van der Waals surface area contributed by atoms with Gasteiger partial charge in [-0.3, -0.25) is 0 Å². The summed E-state index contributed by atoms with van der Waals surface area (Å²) in [5.74, 6) is -5.92. The highest BCUT2D eigenvalue weighted by Crippen LogP contribution is 2.30. The fourth-order valence-electron chi connectivity index (χ4n) is 1.04. The van der Waals surface area contributed by atoms with Crippen LogP contribution < -0.4 is 0 Å². The number of carboxylic acids is 1. The van der Waals surface area contributed by atoms with Crippen molar-refractivity contribution in [1.82, 2.24) is 0 Å². The normalized spacial score (nSPS) is 11.3. The third-order valence-electron chi connectivity index (χ3n) is 1.75. The van der Waals surface area contributed by atoms with Crippen molar-refractivity contribution in [2.45, 2.75) is 12.8 Å². The number of halogens is 2. The molecule has 1 aromatic rings. The summed E-state index contributed by atoms with van der Waals surface area (Å²) in [6.07, 6.45) is 0. The van der Waals surface area contributed by atoms with Gasteiger partial charge in [0.2, 0.25) is 0 Å². The molecule has 2 nitrogen and oxygen atoms in total. The molecule has 0 heterocycles. The highest BCUT2D eigenvalue weighted by Gasteiger charge is 2.41. The van der Waals surface area contributed by atoms with Gasteiger partial charge in [-0.15, -0.1) is 0 Å². The molecule has 0 amide bonds. The van der Waals surface area contributed by atoms with E-state index in [9.17, 15) is 13.6 Å². The first kappa shape index (κ1) is 9.64. The third-order valence-corrected chi connectivity index (χ3v) is 1.75. The molecule has 0 radical (unpaired) electrons. The predicted molar refractivity (Wildman–Crippen MR) is 42.7 cm³/mol. The van der Waals surface area contributed by atoms with Gasteiger partial charge < -0.3 is 5.11 Å². The summed E-state index contributed by atoms with van der Waals surface area (Å²) < 4.78 is 25.9. The van der Waals surface area contributed by atoms with Gasteiger partial charge in [0, 0.05) is 5.56 Å². The van der Waals surface area contributed by atoms with Crippen LogP contribution in [0, 0.1) is 6.92 Å². The molecule has 1 rings (SSSR count). The number of hydrogen-bond donors (Lipinski definition) is 1. The number of benzene rings is 1. The summed E-state index contributed by atoms with van der Waals surface area (Å²) in [4.78, 5) is 10.2. The Morgan fingerprint density at radius 1 is 1.38 bits per heavy atom. The van der Waals surface area contributed by atoms with Crippen LogP contribution in [0.3, 0.4) is 0 Å². The first-order valence-electron chi connectivity index (χ1n) is 3.63. The molecule has 0 bridgehead atoms. The van der Waals surface area contributed by atoms with Crippen molar-refractivity contribution >= 4 is 5.97 Å². The van der Waals surface area contributed by atoms with Gasteiger partial charge in [0.05, 0.1) is 0 Å². The molecule has 0 fully saturated rings. The summed E-state index contributed by atoms with van der Waals surface area (Å²) in [5.41, 5.74) is -0.183. The van der Waals surface area contributed by atoms with E-state index in [2.05, 4.69) is 0 Å². The number of hydrogen-bond acceptors (Lipinski definition) is 1. The fourth-order valence-corrected chi connectivity index (χ4v) is 1.04. The van der Waals surface area contributed by atoms with Crippen molar-refractivity contribution in [3.8, 4) is 0 Å². The molecule has 70 valence electrons. The highest BCUT2D eigenvalue weighted by molar-refractivity contribution is 5.77. The number of rotatable bonds is 2. The summed E-state index contributed by atoms with van der Waals surface area (Å²) in [5, 5.41) is 8.27. The van der Waals surface area contributed by atoms with Crippen LogP contribution in [-0.2, 0) is 10.7 Å². The average Bonchev–Trinajstić information content (AvgIpc) is 2.04. The molecule has 0 aliphatic rings. The van der Waals surface area contributed by atoms with E-state index >= 15 is 0 Å². The van der Waals surface area contributed by atoms with Gasteiger partial charge in [-0.05, 0) is 12.5 Å². The van der Waals surface area contributed by atoms with E-state index in [1.165, 1.54) is 19.1 Å². The first-order chi connectivity index (χ1) is 5.96. The van der Waals surface area contributed by atoms with Crippen LogP contribution in [-0.4, -0.2) is 11.1 Å². The number of carboxylic acid groups (broad SMARTS) is 1. The zero-order valence-electron chi connectivity index (χ0n) is 6.92. The zero-order valence-corrected chi connectivity index (χ0v) is 6.92. The lowest BCUT2D eigenvalue weighted by Crippen LogP contribution is -2.26. The van der Waals surface area contributed by atoms with Crippen LogP contribution in [0.15, 0.2) is 24.3 Å². The number of alkyl halides is 2. The monoisotopic (exact) mass is 186 g/mol. The number of carbonyl (C=O) groups is 1. The quantitative estimate of drug-likeness (QED) is 0.768. The lowest BCUT2D eigenvalue weighted by molar-refractivity contribution is -0.166. The van der Waals surface area contributed by atoms with E-state index < -0.39 is 17.5 Å². The van der Waals surface area contributed by atoms with E-state index in [1.807, 2.05) is 0 Å². The molecule has 0 spiro atoms. The van der Waals surface area contributed by atoms with E-state index in [-0.39, 0.29) is 5.56 Å². The van der Waals surface area contributed by atoms with Crippen LogP contribution in [0.4, 0.5) is 8.78 Å².